The first kappa shape index (κ1) is 14.0. The minimum atomic E-state index is -2.70. The van der Waals surface area contributed by atoms with Crippen molar-refractivity contribution in [1.82, 2.24) is 35.5 Å². The first-order valence-electron chi connectivity index (χ1n) is 8.70. The number of aryl methyl sites for hydroxylation is 1. The number of nitrogens with one attached hydrogen (secondary N) is 2. The van der Waals surface area contributed by atoms with Crippen LogP contribution in [0.1, 0.15) is 14.6 Å². The van der Waals surface area contributed by atoms with E-state index in [2.05, 4.69) is 30.7 Å². The fourth-order valence-electron chi connectivity index (χ4n) is 2.23. The van der Waals surface area contributed by atoms with E-state index in [1.807, 2.05) is 5.32 Å². The fourth-order valence-corrected chi connectivity index (χ4v) is 2.38. The van der Waals surface area contributed by atoms with E-state index in [1.54, 1.807) is 19.3 Å². The van der Waals surface area contributed by atoms with Crippen LogP contribution in [0.5, 0.6) is 5.75 Å². The minimum absolute atomic E-state index is 0.0121. The molecule has 3 heterocycles. The predicted octanol–water partition coefficient (Wildman–Crippen LogP) is 1.43. The van der Waals surface area contributed by atoms with Gasteiger partial charge in [0.05, 0.1) is 24.6 Å². The van der Waals surface area contributed by atoms with Crippen molar-refractivity contribution in [3.63, 3.8) is 0 Å². The van der Waals surface area contributed by atoms with Gasteiger partial charge in [0.1, 0.15) is 5.69 Å². The molecule has 0 aromatic carbocycles. The summed E-state index contributed by atoms with van der Waals surface area (Å²) in [6, 6.07) is 3.01. The Labute approximate surface area is 157 Å². The second kappa shape index (κ2) is 7.31. The Kier molecular flexibility index (Phi) is 3.93. The topological polar surface area (TPSA) is 120 Å². The van der Waals surface area contributed by atoms with E-state index in [0.29, 0.717) is 17.0 Å². The van der Waals surface area contributed by atoms with Crippen molar-refractivity contribution < 1.29 is 13.6 Å². The number of carbonyl (C=O) groups is 1. The van der Waals surface area contributed by atoms with Crippen molar-refractivity contribution in [2.24, 2.45) is 7.05 Å². The van der Waals surface area contributed by atoms with Crippen molar-refractivity contribution in [2.75, 3.05) is 19.4 Å². The summed E-state index contributed by atoms with van der Waals surface area (Å²) < 4.78 is 27.0. The average Bonchev–Trinajstić information content (AvgIpc) is 3.06. The van der Waals surface area contributed by atoms with E-state index in [0.717, 1.165) is 0 Å². The Balaban J connectivity index is 2.02. The Hall–Kier alpha value is -3.27. The van der Waals surface area contributed by atoms with Crippen LogP contribution in [0.25, 0.3) is 11.3 Å². The molecule has 0 atom stereocenters. The van der Waals surface area contributed by atoms with Gasteiger partial charge in [-0.1, -0.05) is 11.6 Å². The lowest BCUT2D eigenvalue weighted by Gasteiger charge is -2.14. The van der Waals surface area contributed by atoms with Gasteiger partial charge < -0.3 is 15.4 Å². The lowest BCUT2D eigenvalue weighted by Crippen LogP contribution is -2.21. The normalized spacial score (nSPS) is 12.7. The summed E-state index contributed by atoms with van der Waals surface area (Å²) in [5, 5.41) is 20.3. The zero-order valence-corrected chi connectivity index (χ0v) is 14.4. The third-order valence-corrected chi connectivity index (χ3v) is 3.51. The van der Waals surface area contributed by atoms with Gasteiger partial charge in [-0.2, -0.15) is 15.0 Å². The Morgan fingerprint density at radius 2 is 2.27 bits per heavy atom. The molecule has 0 aliphatic heterocycles. The number of methoxy groups -OCH3 is 1. The predicted molar refractivity (Wildman–Crippen MR) is 94.5 cm³/mol. The number of aromatic nitrogens is 6. The van der Waals surface area contributed by atoms with Crippen LogP contribution in [0.15, 0.2) is 24.5 Å². The molecule has 0 saturated carbocycles. The van der Waals surface area contributed by atoms with Crippen LogP contribution in [0.2, 0.25) is 5.15 Å². The van der Waals surface area contributed by atoms with Crippen LogP contribution in [-0.2, 0) is 7.05 Å². The van der Waals surface area contributed by atoms with Gasteiger partial charge in [-0.05, 0) is 6.07 Å². The summed E-state index contributed by atoms with van der Waals surface area (Å²) in [5.74, 6) is -0.411. The molecular formula is C15H15ClN8O2. The molecule has 11 heteroatoms. The molecule has 3 aromatic heterocycles. The van der Waals surface area contributed by atoms with Gasteiger partial charge in [-0.25, -0.2) is 4.98 Å². The minimum Gasteiger partial charge on any atom is -0.492 e. The number of nitrogens with zero attached hydrogens (tertiary/aromatic N) is 6. The Morgan fingerprint density at radius 1 is 1.42 bits per heavy atom. The lowest BCUT2D eigenvalue weighted by atomic mass is 10.2. The van der Waals surface area contributed by atoms with E-state index in [1.165, 1.54) is 24.2 Å². The maximum absolute atomic E-state index is 12.3. The third-order valence-electron chi connectivity index (χ3n) is 3.33. The van der Waals surface area contributed by atoms with E-state index < -0.39 is 12.9 Å². The average molecular weight is 378 g/mol. The van der Waals surface area contributed by atoms with Gasteiger partial charge >= 0.3 is 0 Å². The van der Waals surface area contributed by atoms with E-state index in [9.17, 15) is 4.79 Å². The quantitative estimate of drug-likeness (QED) is 0.685. The monoisotopic (exact) mass is 377 g/mol. The number of ether oxygens (including phenoxy) is 1. The van der Waals surface area contributed by atoms with Gasteiger partial charge in [0.15, 0.2) is 22.4 Å². The Bertz CT molecular complexity index is 1060. The van der Waals surface area contributed by atoms with Gasteiger partial charge in [-0.3, -0.25) is 4.79 Å². The fraction of sp³-hybridized carbons (Fsp3) is 0.200. The molecule has 26 heavy (non-hydrogen) atoms. The zero-order valence-electron chi connectivity index (χ0n) is 16.7. The molecule has 0 saturated heterocycles. The summed E-state index contributed by atoms with van der Waals surface area (Å²) in [7, 11) is 3.12. The smallest absolute Gasteiger partial charge is 0.273 e. The van der Waals surface area contributed by atoms with E-state index in [-0.39, 0.29) is 22.4 Å². The van der Waals surface area contributed by atoms with Crippen molar-refractivity contribution in [2.45, 2.75) is 0 Å². The molecule has 0 fully saturated rings. The van der Waals surface area contributed by atoms with Crippen molar-refractivity contribution >= 4 is 29.0 Å². The summed E-state index contributed by atoms with van der Waals surface area (Å²) in [6.07, 6.45) is 3.06. The van der Waals surface area contributed by atoms with Gasteiger partial charge in [0.2, 0.25) is 0 Å². The molecule has 0 aliphatic rings. The van der Waals surface area contributed by atoms with Crippen molar-refractivity contribution in [3.05, 3.63) is 35.4 Å². The summed E-state index contributed by atoms with van der Waals surface area (Å²) in [5.41, 5.74) is 0.953. The lowest BCUT2D eigenvalue weighted by molar-refractivity contribution is 0.0958. The number of amides is 1. The molecule has 0 aliphatic carbocycles. The second-order valence-electron chi connectivity index (χ2n) is 4.97. The molecule has 134 valence electrons. The highest BCUT2D eigenvalue weighted by Crippen LogP contribution is 2.35. The number of hydrogen-bond acceptors (Lipinski definition) is 8. The third kappa shape index (κ3) is 3.40. The summed E-state index contributed by atoms with van der Waals surface area (Å²) >= 11 is 5.90. The Morgan fingerprint density at radius 3 is 2.96 bits per heavy atom. The highest BCUT2D eigenvalue weighted by molar-refractivity contribution is 6.29. The first-order chi connectivity index (χ1) is 13.7. The van der Waals surface area contributed by atoms with Gasteiger partial charge in [0.25, 0.3) is 5.91 Å². The van der Waals surface area contributed by atoms with Crippen LogP contribution in [0.3, 0.4) is 0 Å². The second-order valence-corrected chi connectivity index (χ2v) is 5.36. The molecule has 3 rings (SSSR count). The van der Waals surface area contributed by atoms with Crippen molar-refractivity contribution in [1.29, 1.82) is 0 Å². The molecule has 10 nitrogen and oxygen atoms in total. The maximum atomic E-state index is 12.3. The van der Waals surface area contributed by atoms with Gasteiger partial charge in [-0.15, -0.1) is 10.2 Å². The molecule has 2 N–H and O–H groups in total. The summed E-state index contributed by atoms with van der Waals surface area (Å²) in [6.45, 7) is -2.70. The molecule has 0 spiro atoms. The number of carbonyl (C=O) groups excluding carboxylic acids is 1. The number of pyridine rings is 1. The van der Waals surface area contributed by atoms with E-state index in [4.69, 9.17) is 20.5 Å². The standard InChI is InChI=1S/C15H15ClN8O2/c1-17-15(25)12-9(6-11(16)21-22-12)20-14-13(26-3)8(4-5-18-14)10-7-19-24(2)23-10/h4-7H,1-3H3,(H,17,25)(H,18,20,21)/i1D3. The number of rotatable bonds is 5. The molecule has 0 bridgehead atoms. The molecule has 0 radical (unpaired) electrons. The van der Waals surface area contributed by atoms with Crippen molar-refractivity contribution in [3.8, 4) is 17.0 Å². The van der Waals surface area contributed by atoms with E-state index >= 15 is 0 Å². The highest BCUT2D eigenvalue weighted by atomic mass is 35.5. The summed E-state index contributed by atoms with van der Waals surface area (Å²) in [4.78, 5) is 17.9. The number of hydrogen-bond donors (Lipinski definition) is 2. The van der Waals surface area contributed by atoms with Crippen LogP contribution in [-0.4, -0.2) is 50.2 Å². The van der Waals surface area contributed by atoms with Crippen LogP contribution >= 0.6 is 11.6 Å². The maximum Gasteiger partial charge on any atom is 0.273 e. The van der Waals surface area contributed by atoms with Crippen LogP contribution in [0, 0.1) is 0 Å². The molecule has 0 unspecified atom stereocenters. The van der Waals surface area contributed by atoms with Gasteiger partial charge in [0, 0.05) is 30.4 Å². The molecular weight excluding hydrogens is 360 g/mol. The number of halogens is 1. The molecule has 1 amide bonds. The largest absolute Gasteiger partial charge is 0.492 e. The number of anilines is 2. The SMILES string of the molecule is [2H]C([2H])([2H])NC(=O)c1nnc(Cl)cc1Nc1nccc(-c2cnn(C)n2)c1OC. The zero-order chi connectivity index (χ0) is 21.2. The first-order valence-corrected chi connectivity index (χ1v) is 7.58. The van der Waals surface area contributed by atoms with Crippen LogP contribution < -0.4 is 15.4 Å². The van der Waals surface area contributed by atoms with Crippen LogP contribution in [0.4, 0.5) is 11.5 Å². The molecule has 3 aromatic rings. The highest BCUT2D eigenvalue weighted by Gasteiger charge is 2.19.